The lowest BCUT2D eigenvalue weighted by Gasteiger charge is -2.08. The first-order valence-corrected chi connectivity index (χ1v) is 7.54. The fourth-order valence-corrected chi connectivity index (χ4v) is 2.11. The number of nitrogens with zero attached hydrogens (tertiary/aromatic N) is 1. The van der Waals surface area contributed by atoms with Crippen molar-refractivity contribution in [3.63, 3.8) is 0 Å². The Balaban J connectivity index is 2.31. The average Bonchev–Trinajstić information content (AvgIpc) is 2.60. The zero-order chi connectivity index (χ0) is 18.2. The molecule has 2 rings (SSSR count). The van der Waals surface area contributed by atoms with Crippen LogP contribution < -0.4 is 4.74 Å². The summed E-state index contributed by atoms with van der Waals surface area (Å²) in [5, 5.41) is 21.2. The summed E-state index contributed by atoms with van der Waals surface area (Å²) in [5.74, 6) is -1.63. The summed E-state index contributed by atoms with van der Waals surface area (Å²) in [6, 6.07) is 13.6. The Labute approximate surface area is 144 Å². The minimum absolute atomic E-state index is 0.0410. The van der Waals surface area contributed by atoms with Gasteiger partial charge in [-0.25, -0.2) is 4.79 Å². The first kappa shape index (κ1) is 18.0. The number of benzene rings is 2. The van der Waals surface area contributed by atoms with Gasteiger partial charge in [-0.2, -0.15) is 0 Å². The molecule has 0 bridgehead atoms. The highest BCUT2D eigenvalue weighted by Gasteiger charge is 2.21. The van der Waals surface area contributed by atoms with E-state index in [0.29, 0.717) is 0 Å². The summed E-state index contributed by atoms with van der Waals surface area (Å²) in [5.41, 5.74) is 0.558. The summed E-state index contributed by atoms with van der Waals surface area (Å²) in [6.07, 6.45) is 0.992. The molecule has 0 radical (unpaired) electrons. The molecule has 25 heavy (non-hydrogen) atoms. The topological polar surface area (TPSA) is 98.9 Å². The summed E-state index contributed by atoms with van der Waals surface area (Å²) < 4.78 is 10.2. The van der Waals surface area contributed by atoms with Crippen LogP contribution in [0, 0.1) is 10.1 Å². The normalized spacial score (nSPS) is 11.0. The van der Waals surface area contributed by atoms with E-state index in [4.69, 9.17) is 4.74 Å². The maximum absolute atomic E-state index is 11.5. The van der Waals surface area contributed by atoms with E-state index >= 15 is 0 Å². The van der Waals surface area contributed by atoms with Crippen molar-refractivity contribution in [2.24, 2.45) is 0 Å². The van der Waals surface area contributed by atoms with Crippen molar-refractivity contribution >= 4 is 17.7 Å². The van der Waals surface area contributed by atoms with Crippen molar-refractivity contribution in [2.75, 3.05) is 6.61 Å². The summed E-state index contributed by atoms with van der Waals surface area (Å²) in [6.45, 7) is 1.82. The number of aliphatic hydroxyl groups excluding tert-OH is 1. The number of rotatable bonds is 7. The maximum atomic E-state index is 11.5. The summed E-state index contributed by atoms with van der Waals surface area (Å²) in [4.78, 5) is 22.3. The SMILES string of the molecule is CCOC(=O)C(O)=Cc1cccc(OCc2ccccc2)c1[N+](=O)[O-]. The maximum Gasteiger partial charge on any atom is 0.373 e. The van der Waals surface area contributed by atoms with E-state index in [-0.39, 0.29) is 30.2 Å². The Bertz CT molecular complexity index is 785. The van der Waals surface area contributed by atoms with Crippen molar-refractivity contribution < 1.29 is 24.3 Å². The van der Waals surface area contributed by atoms with Crippen LogP contribution in [0.3, 0.4) is 0 Å². The molecular weight excluding hydrogens is 326 g/mol. The molecule has 0 saturated heterocycles. The number of hydrogen-bond acceptors (Lipinski definition) is 6. The molecule has 1 N–H and O–H groups in total. The number of carbonyl (C=O) groups is 1. The molecular formula is C18H17NO6. The van der Waals surface area contributed by atoms with E-state index in [0.717, 1.165) is 11.6 Å². The highest BCUT2D eigenvalue weighted by molar-refractivity contribution is 5.92. The van der Waals surface area contributed by atoms with E-state index in [9.17, 15) is 20.0 Å². The number of para-hydroxylation sites is 1. The number of esters is 1. The Kier molecular flexibility index (Phi) is 6.11. The minimum Gasteiger partial charge on any atom is -0.502 e. The van der Waals surface area contributed by atoms with Gasteiger partial charge >= 0.3 is 11.7 Å². The molecule has 0 spiro atoms. The second-order valence-corrected chi connectivity index (χ2v) is 4.98. The molecule has 130 valence electrons. The first-order valence-electron chi connectivity index (χ1n) is 7.54. The second-order valence-electron chi connectivity index (χ2n) is 4.98. The van der Waals surface area contributed by atoms with Gasteiger partial charge in [-0.05, 0) is 24.6 Å². The fourth-order valence-electron chi connectivity index (χ4n) is 2.11. The van der Waals surface area contributed by atoms with Crippen LogP contribution in [0.2, 0.25) is 0 Å². The van der Waals surface area contributed by atoms with E-state index in [2.05, 4.69) is 4.74 Å². The third-order valence-electron chi connectivity index (χ3n) is 3.23. The van der Waals surface area contributed by atoms with Crippen LogP contribution in [0.5, 0.6) is 5.75 Å². The molecule has 0 atom stereocenters. The number of nitro benzene ring substituents is 1. The molecule has 7 nitrogen and oxygen atoms in total. The monoisotopic (exact) mass is 343 g/mol. The largest absolute Gasteiger partial charge is 0.502 e. The van der Waals surface area contributed by atoms with Crippen LogP contribution in [0.4, 0.5) is 5.69 Å². The van der Waals surface area contributed by atoms with Crippen LogP contribution >= 0.6 is 0 Å². The van der Waals surface area contributed by atoms with E-state index in [1.165, 1.54) is 18.2 Å². The fraction of sp³-hybridized carbons (Fsp3) is 0.167. The van der Waals surface area contributed by atoms with Gasteiger partial charge in [0.25, 0.3) is 0 Å². The average molecular weight is 343 g/mol. The standard InChI is InChI=1S/C18H17NO6/c1-2-24-18(21)15(20)11-14-9-6-10-16(17(14)19(22)23)25-12-13-7-4-3-5-8-13/h3-11,20H,2,12H2,1H3. The van der Waals surface area contributed by atoms with Crippen LogP contribution in [0.25, 0.3) is 6.08 Å². The van der Waals surface area contributed by atoms with Gasteiger partial charge in [0.15, 0.2) is 5.75 Å². The molecule has 7 heteroatoms. The van der Waals surface area contributed by atoms with Gasteiger partial charge in [-0.3, -0.25) is 10.1 Å². The lowest BCUT2D eigenvalue weighted by molar-refractivity contribution is -0.386. The lowest BCUT2D eigenvalue weighted by Crippen LogP contribution is -2.07. The van der Waals surface area contributed by atoms with Crippen LogP contribution in [0.15, 0.2) is 54.3 Å². The van der Waals surface area contributed by atoms with Gasteiger partial charge in [-0.15, -0.1) is 0 Å². The molecule has 0 fully saturated rings. The Morgan fingerprint density at radius 2 is 1.92 bits per heavy atom. The molecule has 0 aromatic heterocycles. The number of ether oxygens (including phenoxy) is 2. The van der Waals surface area contributed by atoms with E-state index < -0.39 is 16.7 Å². The number of aliphatic hydroxyl groups is 1. The Hall–Kier alpha value is -3.35. The van der Waals surface area contributed by atoms with Gasteiger partial charge in [0.1, 0.15) is 6.61 Å². The molecule has 0 aliphatic rings. The summed E-state index contributed by atoms with van der Waals surface area (Å²) >= 11 is 0. The van der Waals surface area contributed by atoms with Crippen molar-refractivity contribution in [3.8, 4) is 5.75 Å². The lowest BCUT2D eigenvalue weighted by atomic mass is 10.1. The molecule has 2 aromatic carbocycles. The van der Waals surface area contributed by atoms with Crippen molar-refractivity contribution in [2.45, 2.75) is 13.5 Å². The molecule has 0 saturated carbocycles. The number of carbonyl (C=O) groups excluding carboxylic acids is 1. The summed E-state index contributed by atoms with van der Waals surface area (Å²) in [7, 11) is 0. The van der Waals surface area contributed by atoms with Crippen LogP contribution in [-0.2, 0) is 16.1 Å². The zero-order valence-electron chi connectivity index (χ0n) is 13.5. The third-order valence-corrected chi connectivity index (χ3v) is 3.23. The second kappa shape index (κ2) is 8.49. The van der Waals surface area contributed by atoms with Crippen molar-refractivity contribution in [3.05, 3.63) is 75.5 Å². The van der Waals surface area contributed by atoms with Gasteiger partial charge in [0.05, 0.1) is 17.1 Å². The Morgan fingerprint density at radius 1 is 1.20 bits per heavy atom. The zero-order valence-corrected chi connectivity index (χ0v) is 13.5. The van der Waals surface area contributed by atoms with Gasteiger partial charge in [0, 0.05) is 6.08 Å². The van der Waals surface area contributed by atoms with E-state index in [1.807, 2.05) is 30.3 Å². The predicted molar refractivity (Wildman–Crippen MR) is 91.1 cm³/mol. The number of nitro groups is 1. The van der Waals surface area contributed by atoms with Crippen LogP contribution in [0.1, 0.15) is 18.1 Å². The quantitative estimate of drug-likeness (QED) is 0.271. The highest BCUT2D eigenvalue weighted by atomic mass is 16.6. The van der Waals surface area contributed by atoms with E-state index in [1.54, 1.807) is 6.92 Å². The van der Waals surface area contributed by atoms with Crippen molar-refractivity contribution in [1.82, 2.24) is 0 Å². The first-order chi connectivity index (χ1) is 12.0. The molecule has 2 aromatic rings. The van der Waals surface area contributed by atoms with Gasteiger partial charge in [0.2, 0.25) is 5.76 Å². The number of hydrogen-bond donors (Lipinski definition) is 1. The highest BCUT2D eigenvalue weighted by Crippen LogP contribution is 2.32. The molecule has 0 heterocycles. The minimum atomic E-state index is -0.951. The van der Waals surface area contributed by atoms with Gasteiger partial charge in [-0.1, -0.05) is 36.4 Å². The van der Waals surface area contributed by atoms with Crippen molar-refractivity contribution in [1.29, 1.82) is 0 Å². The molecule has 0 unspecified atom stereocenters. The predicted octanol–water partition coefficient (Wildman–Crippen LogP) is 3.64. The molecule has 0 aliphatic heterocycles. The van der Waals surface area contributed by atoms with Gasteiger partial charge < -0.3 is 14.6 Å². The molecule has 0 amide bonds. The molecule has 0 aliphatic carbocycles. The van der Waals surface area contributed by atoms with Crippen LogP contribution in [-0.4, -0.2) is 22.6 Å². The third kappa shape index (κ3) is 4.81. The Morgan fingerprint density at radius 3 is 2.56 bits per heavy atom. The smallest absolute Gasteiger partial charge is 0.373 e.